The Kier molecular flexibility index (Phi) is 9.68. The van der Waals surface area contributed by atoms with Gasteiger partial charge in [-0.05, 0) is 49.8 Å². The number of carbonyl (C=O) groups is 1. The van der Waals surface area contributed by atoms with Crippen LogP contribution in [0, 0.1) is 6.92 Å². The number of thiazole rings is 1. The zero-order valence-electron chi connectivity index (χ0n) is 20.3. The lowest BCUT2D eigenvalue weighted by Gasteiger charge is -2.27. The van der Waals surface area contributed by atoms with Gasteiger partial charge in [0.05, 0.1) is 30.0 Å². The number of anilines is 1. The Bertz CT molecular complexity index is 1120. The highest BCUT2D eigenvalue weighted by Gasteiger charge is 2.22. The topological polar surface area (TPSA) is 54.9 Å². The number of rotatable bonds is 11. The molecule has 1 aliphatic heterocycles. The van der Waals surface area contributed by atoms with Crippen molar-refractivity contribution in [3.63, 3.8) is 0 Å². The Morgan fingerprint density at radius 1 is 1.20 bits per heavy atom. The van der Waals surface area contributed by atoms with Gasteiger partial charge in [0.1, 0.15) is 11.3 Å². The van der Waals surface area contributed by atoms with Gasteiger partial charge in [-0.2, -0.15) is 0 Å². The second-order valence-corrected chi connectivity index (χ2v) is 11.1. The number of methoxy groups -OCH3 is 1. The molecule has 0 aliphatic carbocycles. The van der Waals surface area contributed by atoms with Gasteiger partial charge >= 0.3 is 0 Å². The molecule has 0 bridgehead atoms. The first kappa shape index (κ1) is 26.2. The number of nitrogens with zero attached hydrogens (tertiary/aromatic N) is 3. The largest absolute Gasteiger partial charge is 0.494 e. The summed E-state index contributed by atoms with van der Waals surface area (Å²) in [6, 6.07) is 12.2. The van der Waals surface area contributed by atoms with Crippen LogP contribution in [0.3, 0.4) is 0 Å². The van der Waals surface area contributed by atoms with E-state index in [4.69, 9.17) is 26.1 Å². The van der Waals surface area contributed by atoms with Crippen molar-refractivity contribution in [3.05, 3.63) is 47.0 Å². The number of carbonyl (C=O) groups excluding carboxylic acids is 1. The van der Waals surface area contributed by atoms with Crippen LogP contribution in [-0.2, 0) is 9.53 Å². The third kappa shape index (κ3) is 7.11. The summed E-state index contributed by atoms with van der Waals surface area (Å²) in [6.45, 7) is 7.09. The maximum atomic E-state index is 13.4. The van der Waals surface area contributed by atoms with E-state index in [2.05, 4.69) is 36.1 Å². The number of aromatic nitrogens is 1. The summed E-state index contributed by atoms with van der Waals surface area (Å²) in [4.78, 5) is 23.6. The highest BCUT2D eigenvalue weighted by atomic mass is 35.5. The quantitative estimate of drug-likeness (QED) is 0.226. The van der Waals surface area contributed by atoms with E-state index < -0.39 is 0 Å². The molecule has 1 fully saturated rings. The average molecular weight is 534 g/mol. The molecule has 0 atom stereocenters. The standard InChI is InChI=1S/C26H32ClN3O3S2/c1-19-6-8-20(9-7-19)34-18-3-5-23(31)30(13-4-12-29-14-16-33-17-15-29)26-28-24-22(32-2)11-10-21(27)25(24)35-26/h6-11H,3-5,12-18H2,1-2H3. The van der Waals surface area contributed by atoms with Crippen molar-refractivity contribution in [1.82, 2.24) is 9.88 Å². The molecular weight excluding hydrogens is 502 g/mol. The van der Waals surface area contributed by atoms with Crippen LogP contribution in [0.5, 0.6) is 5.75 Å². The molecule has 2 heterocycles. The fourth-order valence-electron chi connectivity index (χ4n) is 4.01. The number of hydrogen-bond acceptors (Lipinski definition) is 7. The number of benzene rings is 2. The molecule has 4 rings (SSSR count). The Hall–Kier alpha value is -1.84. The molecule has 0 saturated carbocycles. The molecule has 2 aromatic carbocycles. The van der Waals surface area contributed by atoms with E-state index in [1.54, 1.807) is 18.9 Å². The first-order chi connectivity index (χ1) is 17.0. The molecule has 35 heavy (non-hydrogen) atoms. The van der Waals surface area contributed by atoms with Crippen molar-refractivity contribution in [3.8, 4) is 5.75 Å². The van der Waals surface area contributed by atoms with E-state index in [9.17, 15) is 4.79 Å². The van der Waals surface area contributed by atoms with Crippen LogP contribution < -0.4 is 9.64 Å². The van der Waals surface area contributed by atoms with Crippen LogP contribution >= 0.6 is 34.7 Å². The van der Waals surface area contributed by atoms with Crippen molar-refractivity contribution in [2.75, 3.05) is 57.2 Å². The fourth-order valence-corrected chi connectivity index (χ4v) is 6.16. The van der Waals surface area contributed by atoms with Gasteiger partial charge in [0.15, 0.2) is 5.13 Å². The van der Waals surface area contributed by atoms with Gasteiger partial charge in [-0.25, -0.2) is 4.98 Å². The summed E-state index contributed by atoms with van der Waals surface area (Å²) in [5.41, 5.74) is 1.96. The number of fused-ring (bicyclic) bond motifs is 1. The number of halogens is 1. The number of ether oxygens (including phenoxy) is 2. The van der Waals surface area contributed by atoms with E-state index in [1.807, 2.05) is 17.0 Å². The zero-order chi connectivity index (χ0) is 24.6. The molecule has 1 saturated heterocycles. The molecule has 1 aromatic heterocycles. The minimum absolute atomic E-state index is 0.102. The van der Waals surface area contributed by atoms with Gasteiger partial charge in [-0.1, -0.05) is 40.6 Å². The molecule has 3 aromatic rings. The Labute approximate surface area is 220 Å². The number of morpholine rings is 1. The van der Waals surface area contributed by atoms with Crippen molar-refractivity contribution in [2.24, 2.45) is 0 Å². The fraction of sp³-hybridized carbons (Fsp3) is 0.462. The van der Waals surface area contributed by atoms with Crippen LogP contribution in [0.2, 0.25) is 5.02 Å². The summed E-state index contributed by atoms with van der Waals surface area (Å²) >= 11 is 9.70. The Morgan fingerprint density at radius 2 is 1.97 bits per heavy atom. The van der Waals surface area contributed by atoms with Crippen molar-refractivity contribution >= 4 is 56.0 Å². The van der Waals surface area contributed by atoms with Crippen LogP contribution in [0.25, 0.3) is 10.2 Å². The highest BCUT2D eigenvalue weighted by Crippen LogP contribution is 2.39. The van der Waals surface area contributed by atoms with Gasteiger partial charge in [0.2, 0.25) is 5.91 Å². The predicted octanol–water partition coefficient (Wildman–Crippen LogP) is 5.89. The van der Waals surface area contributed by atoms with Crippen molar-refractivity contribution < 1.29 is 14.3 Å². The molecule has 0 N–H and O–H groups in total. The predicted molar refractivity (Wildman–Crippen MR) is 147 cm³/mol. The normalized spacial score (nSPS) is 14.4. The minimum Gasteiger partial charge on any atom is -0.494 e. The molecule has 9 heteroatoms. The van der Waals surface area contributed by atoms with Crippen LogP contribution in [0.4, 0.5) is 5.13 Å². The SMILES string of the molecule is COc1ccc(Cl)c2sc(N(CCCN3CCOCC3)C(=O)CCCSc3ccc(C)cc3)nc12. The summed E-state index contributed by atoms with van der Waals surface area (Å²) in [5, 5.41) is 1.31. The average Bonchev–Trinajstić information content (AvgIpc) is 3.32. The maximum Gasteiger partial charge on any atom is 0.228 e. The Morgan fingerprint density at radius 3 is 2.71 bits per heavy atom. The minimum atomic E-state index is 0.102. The molecule has 6 nitrogen and oxygen atoms in total. The van der Waals surface area contributed by atoms with Gasteiger partial charge < -0.3 is 9.47 Å². The third-order valence-electron chi connectivity index (χ3n) is 5.98. The molecule has 0 spiro atoms. The van der Waals surface area contributed by atoms with Gasteiger partial charge in [0, 0.05) is 37.5 Å². The number of amides is 1. The van der Waals surface area contributed by atoms with Crippen LogP contribution in [-0.4, -0.2) is 68.0 Å². The molecule has 1 amide bonds. The monoisotopic (exact) mass is 533 g/mol. The van der Waals surface area contributed by atoms with Gasteiger partial charge in [0.25, 0.3) is 0 Å². The zero-order valence-corrected chi connectivity index (χ0v) is 22.7. The van der Waals surface area contributed by atoms with E-state index in [0.29, 0.717) is 34.4 Å². The first-order valence-corrected chi connectivity index (χ1v) is 14.2. The third-order valence-corrected chi connectivity index (χ3v) is 8.62. The molecule has 188 valence electrons. The molecule has 1 aliphatic rings. The summed E-state index contributed by atoms with van der Waals surface area (Å²) in [6.07, 6.45) is 2.17. The number of hydrogen-bond donors (Lipinski definition) is 0. The van der Waals surface area contributed by atoms with E-state index in [1.165, 1.54) is 21.8 Å². The molecular formula is C26H32ClN3O3S2. The number of thioether (sulfide) groups is 1. The van der Waals surface area contributed by atoms with Crippen molar-refractivity contribution in [2.45, 2.75) is 31.1 Å². The number of aryl methyl sites for hydroxylation is 1. The second kappa shape index (κ2) is 12.9. The maximum absolute atomic E-state index is 13.4. The van der Waals surface area contributed by atoms with Crippen LogP contribution in [0.1, 0.15) is 24.8 Å². The second-order valence-electron chi connectivity index (χ2n) is 8.54. The van der Waals surface area contributed by atoms with Crippen LogP contribution in [0.15, 0.2) is 41.3 Å². The van der Waals surface area contributed by atoms with E-state index >= 15 is 0 Å². The molecule has 0 radical (unpaired) electrons. The lowest BCUT2D eigenvalue weighted by Crippen LogP contribution is -2.39. The summed E-state index contributed by atoms with van der Waals surface area (Å²) in [5.74, 6) is 1.67. The smallest absolute Gasteiger partial charge is 0.228 e. The lowest BCUT2D eigenvalue weighted by atomic mass is 10.2. The van der Waals surface area contributed by atoms with Crippen molar-refractivity contribution in [1.29, 1.82) is 0 Å². The molecule has 0 unspecified atom stereocenters. The van der Waals surface area contributed by atoms with E-state index in [0.717, 1.165) is 56.1 Å². The Balaban J connectivity index is 1.43. The van der Waals surface area contributed by atoms with E-state index in [-0.39, 0.29) is 5.91 Å². The lowest BCUT2D eigenvalue weighted by molar-refractivity contribution is -0.118. The summed E-state index contributed by atoms with van der Waals surface area (Å²) < 4.78 is 11.8. The van der Waals surface area contributed by atoms with Gasteiger partial charge in [-0.3, -0.25) is 14.6 Å². The highest BCUT2D eigenvalue weighted by molar-refractivity contribution is 7.99. The summed E-state index contributed by atoms with van der Waals surface area (Å²) in [7, 11) is 1.62. The first-order valence-electron chi connectivity index (χ1n) is 12.0. The van der Waals surface area contributed by atoms with Gasteiger partial charge in [-0.15, -0.1) is 11.8 Å².